The van der Waals surface area contributed by atoms with Crippen molar-refractivity contribution in [1.82, 2.24) is 5.32 Å². The molecule has 0 atom stereocenters. The number of nitrogens with one attached hydrogen (secondary N) is 1. The van der Waals surface area contributed by atoms with E-state index in [1.807, 2.05) is 14.1 Å². The predicted octanol–water partition coefficient (Wildman–Crippen LogP) is 1.76. The second kappa shape index (κ2) is 6.05. The summed E-state index contributed by atoms with van der Waals surface area (Å²) >= 11 is 0. The molecule has 1 rings (SSSR count). The standard InChI is InChI=1S/C12H17N3/c1-14-10-11-4-6-12(7-5-11)15(2)9-3-8-13/h4-7,14H,3,9-10H2,1-2H3. The van der Waals surface area contributed by atoms with Gasteiger partial charge in [-0.3, -0.25) is 0 Å². The Hall–Kier alpha value is -1.53. The maximum Gasteiger partial charge on any atom is 0.0640 e. The molecule has 0 amide bonds. The Morgan fingerprint density at radius 1 is 1.33 bits per heavy atom. The number of anilines is 1. The van der Waals surface area contributed by atoms with Crippen LogP contribution >= 0.6 is 0 Å². The third-order valence-corrected chi connectivity index (χ3v) is 2.32. The Labute approximate surface area is 91.3 Å². The maximum absolute atomic E-state index is 8.49. The predicted molar refractivity (Wildman–Crippen MR) is 62.7 cm³/mol. The number of rotatable bonds is 5. The van der Waals surface area contributed by atoms with Gasteiger partial charge in [-0.05, 0) is 24.7 Å². The van der Waals surface area contributed by atoms with E-state index in [0.29, 0.717) is 6.42 Å². The van der Waals surface area contributed by atoms with Crippen molar-refractivity contribution in [3.05, 3.63) is 29.8 Å². The van der Waals surface area contributed by atoms with Gasteiger partial charge in [-0.15, -0.1) is 0 Å². The molecule has 1 aromatic carbocycles. The molecular weight excluding hydrogens is 186 g/mol. The Morgan fingerprint density at radius 2 is 2.00 bits per heavy atom. The molecule has 3 nitrogen and oxygen atoms in total. The van der Waals surface area contributed by atoms with Gasteiger partial charge in [0.25, 0.3) is 0 Å². The average Bonchev–Trinajstić information content (AvgIpc) is 2.27. The molecule has 0 fully saturated rings. The fourth-order valence-electron chi connectivity index (χ4n) is 1.42. The van der Waals surface area contributed by atoms with Gasteiger partial charge < -0.3 is 10.2 Å². The molecule has 0 aliphatic rings. The minimum Gasteiger partial charge on any atom is -0.374 e. The summed E-state index contributed by atoms with van der Waals surface area (Å²) in [5, 5.41) is 11.6. The second-order valence-corrected chi connectivity index (χ2v) is 3.53. The molecule has 0 heterocycles. The highest BCUT2D eigenvalue weighted by Crippen LogP contribution is 2.13. The summed E-state index contributed by atoms with van der Waals surface area (Å²) in [7, 11) is 3.94. The van der Waals surface area contributed by atoms with E-state index in [0.717, 1.165) is 18.8 Å². The van der Waals surface area contributed by atoms with Crippen LogP contribution in [0.1, 0.15) is 12.0 Å². The topological polar surface area (TPSA) is 39.1 Å². The molecule has 0 bridgehead atoms. The fourth-order valence-corrected chi connectivity index (χ4v) is 1.42. The van der Waals surface area contributed by atoms with Crippen molar-refractivity contribution in [2.45, 2.75) is 13.0 Å². The first-order valence-corrected chi connectivity index (χ1v) is 5.09. The largest absolute Gasteiger partial charge is 0.374 e. The Balaban J connectivity index is 2.59. The van der Waals surface area contributed by atoms with Gasteiger partial charge in [0.1, 0.15) is 0 Å². The Bertz CT molecular complexity index is 324. The third kappa shape index (κ3) is 3.61. The van der Waals surface area contributed by atoms with Crippen LogP contribution in [0.3, 0.4) is 0 Å². The van der Waals surface area contributed by atoms with Gasteiger partial charge in [-0.1, -0.05) is 12.1 Å². The van der Waals surface area contributed by atoms with Crippen LogP contribution in [0.5, 0.6) is 0 Å². The van der Waals surface area contributed by atoms with E-state index in [1.54, 1.807) is 0 Å². The molecule has 15 heavy (non-hydrogen) atoms. The summed E-state index contributed by atoms with van der Waals surface area (Å²) in [6, 6.07) is 10.5. The van der Waals surface area contributed by atoms with E-state index in [-0.39, 0.29) is 0 Å². The van der Waals surface area contributed by atoms with Crippen LogP contribution in [0.25, 0.3) is 0 Å². The average molecular weight is 203 g/mol. The molecule has 0 saturated heterocycles. The number of nitrogens with zero attached hydrogens (tertiary/aromatic N) is 2. The SMILES string of the molecule is CNCc1ccc(N(C)CCC#N)cc1. The van der Waals surface area contributed by atoms with Crippen LogP contribution in [0.15, 0.2) is 24.3 Å². The molecule has 0 radical (unpaired) electrons. The van der Waals surface area contributed by atoms with Gasteiger partial charge in [0, 0.05) is 25.8 Å². The molecular formula is C12H17N3. The van der Waals surface area contributed by atoms with Crippen molar-refractivity contribution in [3.63, 3.8) is 0 Å². The van der Waals surface area contributed by atoms with Crippen molar-refractivity contribution in [2.75, 3.05) is 25.5 Å². The first kappa shape index (κ1) is 11.5. The lowest BCUT2D eigenvalue weighted by atomic mass is 10.2. The zero-order valence-corrected chi connectivity index (χ0v) is 9.33. The van der Waals surface area contributed by atoms with E-state index in [4.69, 9.17) is 5.26 Å². The number of hydrogen-bond acceptors (Lipinski definition) is 3. The normalized spacial score (nSPS) is 9.67. The highest BCUT2D eigenvalue weighted by atomic mass is 15.1. The van der Waals surface area contributed by atoms with E-state index in [9.17, 15) is 0 Å². The van der Waals surface area contributed by atoms with Crippen molar-refractivity contribution < 1.29 is 0 Å². The van der Waals surface area contributed by atoms with Crippen LogP contribution in [-0.2, 0) is 6.54 Å². The van der Waals surface area contributed by atoms with E-state index in [1.165, 1.54) is 5.56 Å². The quantitative estimate of drug-likeness (QED) is 0.792. The smallest absolute Gasteiger partial charge is 0.0640 e. The first-order valence-electron chi connectivity index (χ1n) is 5.09. The molecule has 1 aromatic rings. The molecule has 0 aliphatic carbocycles. The zero-order valence-electron chi connectivity index (χ0n) is 9.33. The van der Waals surface area contributed by atoms with Crippen molar-refractivity contribution >= 4 is 5.69 Å². The Kier molecular flexibility index (Phi) is 4.65. The zero-order chi connectivity index (χ0) is 11.1. The van der Waals surface area contributed by atoms with Crippen LogP contribution < -0.4 is 10.2 Å². The van der Waals surface area contributed by atoms with Crippen molar-refractivity contribution in [2.24, 2.45) is 0 Å². The van der Waals surface area contributed by atoms with Gasteiger partial charge in [0.05, 0.1) is 12.5 Å². The molecule has 1 N–H and O–H groups in total. The highest BCUT2D eigenvalue weighted by molar-refractivity contribution is 5.46. The van der Waals surface area contributed by atoms with Crippen LogP contribution in [-0.4, -0.2) is 20.6 Å². The lowest BCUT2D eigenvalue weighted by Crippen LogP contribution is -2.18. The van der Waals surface area contributed by atoms with Crippen LogP contribution in [0, 0.1) is 11.3 Å². The first-order chi connectivity index (χ1) is 7.27. The molecule has 80 valence electrons. The molecule has 0 aromatic heterocycles. The summed E-state index contributed by atoms with van der Waals surface area (Å²) in [6.45, 7) is 1.67. The summed E-state index contributed by atoms with van der Waals surface area (Å²) in [6.07, 6.45) is 0.564. The van der Waals surface area contributed by atoms with Gasteiger partial charge in [0.2, 0.25) is 0 Å². The van der Waals surface area contributed by atoms with Crippen molar-refractivity contribution in [1.29, 1.82) is 5.26 Å². The Morgan fingerprint density at radius 3 is 2.53 bits per heavy atom. The minimum absolute atomic E-state index is 0.564. The lowest BCUT2D eigenvalue weighted by Gasteiger charge is -2.17. The molecule has 3 heteroatoms. The van der Waals surface area contributed by atoms with E-state index >= 15 is 0 Å². The lowest BCUT2D eigenvalue weighted by molar-refractivity contribution is 0.817. The minimum atomic E-state index is 0.564. The maximum atomic E-state index is 8.49. The van der Waals surface area contributed by atoms with Gasteiger partial charge in [-0.25, -0.2) is 0 Å². The second-order valence-electron chi connectivity index (χ2n) is 3.53. The van der Waals surface area contributed by atoms with Gasteiger partial charge in [-0.2, -0.15) is 5.26 Å². The molecule has 0 aliphatic heterocycles. The monoisotopic (exact) mass is 203 g/mol. The highest BCUT2D eigenvalue weighted by Gasteiger charge is 1.99. The van der Waals surface area contributed by atoms with Gasteiger partial charge >= 0.3 is 0 Å². The van der Waals surface area contributed by atoms with Crippen LogP contribution in [0.4, 0.5) is 5.69 Å². The number of hydrogen-bond donors (Lipinski definition) is 1. The van der Waals surface area contributed by atoms with Crippen LogP contribution in [0.2, 0.25) is 0 Å². The van der Waals surface area contributed by atoms with Crippen molar-refractivity contribution in [3.8, 4) is 6.07 Å². The summed E-state index contributed by atoms with van der Waals surface area (Å²) in [5.74, 6) is 0. The number of benzene rings is 1. The molecule has 0 spiro atoms. The summed E-state index contributed by atoms with van der Waals surface area (Å²) in [5.41, 5.74) is 2.43. The fraction of sp³-hybridized carbons (Fsp3) is 0.417. The molecule has 0 saturated carbocycles. The molecule has 0 unspecified atom stereocenters. The summed E-state index contributed by atoms with van der Waals surface area (Å²) < 4.78 is 0. The van der Waals surface area contributed by atoms with E-state index in [2.05, 4.69) is 40.6 Å². The van der Waals surface area contributed by atoms with E-state index < -0.39 is 0 Å². The summed E-state index contributed by atoms with van der Waals surface area (Å²) in [4.78, 5) is 2.09. The number of nitriles is 1. The third-order valence-electron chi connectivity index (χ3n) is 2.32. The van der Waals surface area contributed by atoms with Gasteiger partial charge in [0.15, 0.2) is 0 Å².